The number of aromatic nitrogens is 2. The van der Waals surface area contributed by atoms with Gasteiger partial charge in [-0.15, -0.1) is 11.3 Å². The van der Waals surface area contributed by atoms with E-state index in [0.717, 1.165) is 30.7 Å². The molecule has 4 aliphatic rings. The number of ether oxygens (including phenoxy) is 2. The lowest BCUT2D eigenvalue weighted by Gasteiger charge is -2.34. The number of hydrogen-bond acceptors (Lipinski definition) is 11. The SMILES string of the molecule is CN(C)C/C=C/C(=O)N1CCC(N2CCCOc3c(Cl)c(-c4ccc(F)c5sc(N)c(C#N)c45)c(F)c4nc(OC[C@@]56CCCN5C[C@H](F)C6)nc2c34)C1. The third kappa shape index (κ3) is 6.26. The second-order valence-corrected chi connectivity index (χ2v) is 16.2. The third-order valence-electron chi connectivity index (χ3n) is 11.1. The molecule has 1 amide bonds. The highest BCUT2D eigenvalue weighted by molar-refractivity contribution is 7.23. The maximum absolute atomic E-state index is 17.4. The standard InChI is InChI=1S/C38H40ClF3N8O3S/c1-47(2)11-3-6-26(51)48-14-9-22(19-48)50-13-5-15-52-33-29-32(45-37(46-36(29)50)53-20-38-10-4-12-49(38)18-21(40)16-38)31(42)28(30(33)39)23-7-8-25(41)34-27(23)24(17-43)35(44)54-34/h3,6-8,21-22H,4-5,9-16,18-20,44H2,1-2H3/b6-3+/t21-,22?,38+/m1/s1. The number of likely N-dealkylation sites (tertiary alicyclic amines) is 1. The van der Waals surface area contributed by atoms with Crippen LogP contribution in [-0.4, -0.2) is 115 Å². The number of rotatable bonds is 8. The van der Waals surface area contributed by atoms with E-state index in [9.17, 15) is 14.4 Å². The Morgan fingerprint density at radius 2 is 2.06 bits per heavy atom. The highest BCUT2D eigenvalue weighted by Crippen LogP contribution is 2.51. The number of halogens is 4. The third-order valence-corrected chi connectivity index (χ3v) is 12.5. The molecule has 3 saturated heterocycles. The Labute approximate surface area is 319 Å². The molecule has 0 spiro atoms. The molecule has 3 atom stereocenters. The normalized spacial score (nSPS) is 23.0. The number of nitrogens with two attached hydrogens (primary N) is 1. The maximum atomic E-state index is 17.4. The van der Waals surface area contributed by atoms with Crippen LogP contribution in [0.25, 0.3) is 32.1 Å². The van der Waals surface area contributed by atoms with E-state index in [2.05, 4.69) is 14.8 Å². The lowest BCUT2D eigenvalue weighted by Crippen LogP contribution is -2.43. The van der Waals surface area contributed by atoms with E-state index in [-0.39, 0.29) is 84.6 Å². The van der Waals surface area contributed by atoms with Crippen LogP contribution in [0.1, 0.15) is 37.7 Å². The minimum absolute atomic E-state index is 0.0159. The summed E-state index contributed by atoms with van der Waals surface area (Å²) in [4.78, 5) is 30.6. The van der Waals surface area contributed by atoms with Gasteiger partial charge >= 0.3 is 6.01 Å². The van der Waals surface area contributed by atoms with Crippen molar-refractivity contribution in [3.05, 3.63) is 46.5 Å². The van der Waals surface area contributed by atoms with Crippen molar-refractivity contribution in [1.82, 2.24) is 24.7 Å². The van der Waals surface area contributed by atoms with E-state index in [4.69, 9.17) is 31.8 Å². The molecule has 0 radical (unpaired) electrons. The highest BCUT2D eigenvalue weighted by Gasteiger charge is 2.49. The fourth-order valence-corrected chi connectivity index (χ4v) is 9.86. The number of carbonyl (C=O) groups is 1. The van der Waals surface area contributed by atoms with Crippen molar-refractivity contribution in [3.63, 3.8) is 0 Å². The van der Waals surface area contributed by atoms with Crippen molar-refractivity contribution in [3.8, 4) is 29.0 Å². The average Bonchev–Trinajstić information content (AvgIpc) is 3.91. The molecule has 0 bridgehead atoms. The molecule has 4 aromatic rings. The summed E-state index contributed by atoms with van der Waals surface area (Å²) in [6, 6.07) is 4.34. The van der Waals surface area contributed by atoms with Crippen LogP contribution in [-0.2, 0) is 4.79 Å². The van der Waals surface area contributed by atoms with Crippen LogP contribution in [0.4, 0.5) is 24.0 Å². The van der Waals surface area contributed by atoms with Crippen LogP contribution in [0, 0.1) is 23.0 Å². The predicted octanol–water partition coefficient (Wildman–Crippen LogP) is 6.16. The molecule has 0 aliphatic carbocycles. The number of alkyl halides is 1. The van der Waals surface area contributed by atoms with Gasteiger partial charge in [0.1, 0.15) is 41.0 Å². The summed E-state index contributed by atoms with van der Waals surface area (Å²) >= 11 is 8.03. The van der Waals surface area contributed by atoms with E-state index in [1.54, 1.807) is 11.0 Å². The van der Waals surface area contributed by atoms with Crippen molar-refractivity contribution in [2.75, 3.05) is 77.2 Å². The van der Waals surface area contributed by atoms with Crippen molar-refractivity contribution in [1.29, 1.82) is 5.26 Å². The van der Waals surface area contributed by atoms with Crippen molar-refractivity contribution in [2.45, 2.75) is 49.9 Å². The quantitative estimate of drug-likeness (QED) is 0.208. The van der Waals surface area contributed by atoms with E-state index in [0.29, 0.717) is 57.8 Å². The van der Waals surface area contributed by atoms with Gasteiger partial charge in [-0.25, -0.2) is 13.2 Å². The minimum Gasteiger partial charge on any atom is -0.491 e. The van der Waals surface area contributed by atoms with E-state index >= 15 is 8.78 Å². The average molecular weight is 781 g/mol. The van der Waals surface area contributed by atoms with Crippen molar-refractivity contribution in [2.24, 2.45) is 0 Å². The van der Waals surface area contributed by atoms with Crippen molar-refractivity contribution >= 4 is 60.7 Å². The molecule has 8 rings (SSSR count). The molecule has 2 aromatic carbocycles. The Morgan fingerprint density at radius 3 is 2.85 bits per heavy atom. The first-order valence-corrected chi connectivity index (χ1v) is 19.3. The molecule has 11 nitrogen and oxygen atoms in total. The molecular weight excluding hydrogens is 741 g/mol. The van der Waals surface area contributed by atoms with Crippen LogP contribution < -0.4 is 20.1 Å². The number of benzene rings is 2. The number of fused-ring (bicyclic) bond motifs is 2. The van der Waals surface area contributed by atoms with Gasteiger partial charge in [0.25, 0.3) is 0 Å². The molecule has 284 valence electrons. The van der Waals surface area contributed by atoms with Gasteiger partial charge in [-0.1, -0.05) is 23.7 Å². The Hall–Kier alpha value is -4.36. The zero-order valence-electron chi connectivity index (χ0n) is 30.0. The Bertz CT molecular complexity index is 2230. The van der Waals surface area contributed by atoms with Gasteiger partial charge in [-0.05, 0) is 58.0 Å². The molecule has 54 heavy (non-hydrogen) atoms. The first-order valence-electron chi connectivity index (χ1n) is 18.1. The number of amides is 1. The van der Waals surface area contributed by atoms with Gasteiger partial charge < -0.3 is 29.9 Å². The number of carbonyl (C=O) groups excluding carboxylic acids is 1. The predicted molar refractivity (Wildman–Crippen MR) is 203 cm³/mol. The minimum atomic E-state index is -0.972. The van der Waals surface area contributed by atoms with Crippen LogP contribution in [0.2, 0.25) is 5.02 Å². The molecule has 0 saturated carbocycles. The van der Waals surface area contributed by atoms with Crippen molar-refractivity contribution < 1.29 is 27.4 Å². The van der Waals surface area contributed by atoms with E-state index in [1.807, 2.05) is 31.1 Å². The summed E-state index contributed by atoms with van der Waals surface area (Å²) in [5, 5.41) is 10.4. The molecular formula is C38H40ClF3N8O3S. The van der Waals surface area contributed by atoms with Gasteiger partial charge in [0.15, 0.2) is 11.6 Å². The summed E-state index contributed by atoms with van der Waals surface area (Å²) in [6.45, 7) is 3.50. The molecule has 4 aliphatic heterocycles. The number of likely N-dealkylation sites (N-methyl/N-ethyl adjacent to an activating group) is 1. The molecule has 2 aromatic heterocycles. The number of anilines is 2. The summed E-state index contributed by atoms with van der Waals surface area (Å²) in [5.41, 5.74) is 5.54. The first-order chi connectivity index (χ1) is 26.0. The zero-order chi connectivity index (χ0) is 37.9. The Balaban J connectivity index is 1.28. The second kappa shape index (κ2) is 14.4. The van der Waals surface area contributed by atoms with E-state index in [1.165, 1.54) is 12.1 Å². The molecule has 16 heteroatoms. The summed E-state index contributed by atoms with van der Waals surface area (Å²) in [7, 11) is 3.86. The Kier molecular flexibility index (Phi) is 9.74. The molecule has 2 N–H and O–H groups in total. The number of nitrogen functional groups attached to an aromatic ring is 1. The fourth-order valence-electron chi connectivity index (χ4n) is 8.57. The van der Waals surface area contributed by atoms with Crippen LogP contribution in [0.5, 0.6) is 11.8 Å². The smallest absolute Gasteiger partial charge is 0.319 e. The van der Waals surface area contributed by atoms with Crippen LogP contribution in [0.15, 0.2) is 24.3 Å². The summed E-state index contributed by atoms with van der Waals surface area (Å²) in [6.07, 6.45) is 5.63. The molecule has 1 unspecified atom stereocenters. The molecule has 6 heterocycles. The fraction of sp³-hybridized carbons (Fsp3) is 0.474. The monoisotopic (exact) mass is 780 g/mol. The number of nitrogens with zero attached hydrogens (tertiary/aromatic N) is 7. The Morgan fingerprint density at radius 1 is 1.22 bits per heavy atom. The first kappa shape index (κ1) is 36.6. The summed E-state index contributed by atoms with van der Waals surface area (Å²) in [5.74, 6) is -1.05. The largest absolute Gasteiger partial charge is 0.491 e. The van der Waals surface area contributed by atoms with Crippen LogP contribution in [0.3, 0.4) is 0 Å². The molecule has 3 fully saturated rings. The van der Waals surface area contributed by atoms with Gasteiger partial charge in [0.05, 0.1) is 32.8 Å². The zero-order valence-corrected chi connectivity index (χ0v) is 31.6. The van der Waals surface area contributed by atoms with Gasteiger partial charge in [0.2, 0.25) is 5.91 Å². The number of nitriles is 1. The van der Waals surface area contributed by atoms with Gasteiger partial charge in [0, 0.05) is 62.2 Å². The number of hydrogen-bond donors (Lipinski definition) is 1. The second-order valence-electron chi connectivity index (χ2n) is 14.8. The summed E-state index contributed by atoms with van der Waals surface area (Å²) < 4.78 is 60.0. The lowest BCUT2D eigenvalue weighted by molar-refractivity contribution is -0.125. The maximum Gasteiger partial charge on any atom is 0.319 e. The topological polar surface area (TPSA) is 124 Å². The lowest BCUT2D eigenvalue weighted by atomic mass is 9.95. The van der Waals surface area contributed by atoms with Gasteiger partial charge in [-0.2, -0.15) is 15.2 Å². The van der Waals surface area contributed by atoms with Gasteiger partial charge in [-0.3, -0.25) is 9.69 Å². The number of thiophene rings is 1. The van der Waals surface area contributed by atoms with Crippen LogP contribution >= 0.6 is 22.9 Å². The van der Waals surface area contributed by atoms with E-state index < -0.39 is 23.3 Å². The highest BCUT2D eigenvalue weighted by atomic mass is 35.5.